The van der Waals surface area contributed by atoms with E-state index in [1.54, 1.807) is 17.0 Å². The van der Waals surface area contributed by atoms with Crippen molar-refractivity contribution in [2.45, 2.75) is 36.0 Å². The van der Waals surface area contributed by atoms with Crippen molar-refractivity contribution >= 4 is 52.3 Å². The van der Waals surface area contributed by atoms with Gasteiger partial charge < -0.3 is 4.90 Å². The lowest BCUT2D eigenvalue weighted by molar-refractivity contribution is -0.387. The summed E-state index contributed by atoms with van der Waals surface area (Å²) in [6, 6.07) is 12.4. The average Bonchev–Trinajstić information content (AvgIpc) is 3.09. The molecule has 2 aromatic rings. The third kappa shape index (κ3) is 5.51. The molecule has 0 atom stereocenters. The van der Waals surface area contributed by atoms with Crippen LogP contribution >= 0.6 is 23.5 Å². The molecule has 2 aliphatic heterocycles. The first-order chi connectivity index (χ1) is 16.3. The van der Waals surface area contributed by atoms with Crippen molar-refractivity contribution in [1.82, 2.24) is 9.80 Å². The summed E-state index contributed by atoms with van der Waals surface area (Å²) in [7, 11) is 0. The topological polar surface area (TPSA) is 101 Å². The number of hydrogen-bond donors (Lipinski definition) is 0. The zero-order valence-corrected chi connectivity index (χ0v) is 20.2. The molecule has 0 saturated carbocycles. The fourth-order valence-electron chi connectivity index (χ4n) is 3.75. The van der Waals surface area contributed by atoms with Gasteiger partial charge in [-0.2, -0.15) is 0 Å². The number of carbonyl (C=O) groups excluding carboxylic acids is 3. The zero-order valence-electron chi connectivity index (χ0n) is 18.6. The first-order valence-electron chi connectivity index (χ1n) is 10.9. The molecule has 0 spiro atoms. The lowest BCUT2D eigenvalue weighted by Gasteiger charge is -2.27. The molecule has 2 saturated heterocycles. The van der Waals surface area contributed by atoms with E-state index in [9.17, 15) is 24.5 Å². The minimum Gasteiger partial charge on any atom is -0.341 e. The predicted octanol–water partition coefficient (Wildman–Crippen LogP) is 5.10. The molecule has 2 aromatic carbocycles. The normalized spacial score (nSPS) is 17.5. The largest absolute Gasteiger partial charge is 0.341 e. The van der Waals surface area contributed by atoms with Gasteiger partial charge in [0.05, 0.1) is 14.7 Å². The minimum atomic E-state index is -0.555. The van der Waals surface area contributed by atoms with Gasteiger partial charge >= 0.3 is 0 Å². The standard InChI is InChI=1S/C24H23N3O5S2/c1-16-5-8-18(9-6-16)33-20-10-7-17(13-19(20)27(31)32)14-21-23(29)26(24(30)34-21)15-22(28)25-11-3-2-4-12-25/h5-10,13-14H,2-4,11-12,15H2,1H3/b21-14-. The highest BCUT2D eigenvalue weighted by Gasteiger charge is 2.37. The van der Waals surface area contributed by atoms with Crippen molar-refractivity contribution in [3.63, 3.8) is 0 Å². The molecule has 0 bridgehead atoms. The van der Waals surface area contributed by atoms with E-state index in [1.807, 2.05) is 31.2 Å². The molecule has 0 radical (unpaired) electrons. The van der Waals surface area contributed by atoms with Crippen LogP contribution in [0.3, 0.4) is 0 Å². The number of benzene rings is 2. The van der Waals surface area contributed by atoms with Gasteiger partial charge in [-0.15, -0.1) is 0 Å². The van der Waals surface area contributed by atoms with E-state index in [0.717, 1.165) is 46.4 Å². The molecule has 0 unspecified atom stereocenters. The SMILES string of the molecule is Cc1ccc(Sc2ccc(/C=C3\SC(=O)N(CC(=O)N4CCCCC4)C3=O)cc2[N+](=O)[O-])cc1. The van der Waals surface area contributed by atoms with Crippen LogP contribution in [0.4, 0.5) is 10.5 Å². The Morgan fingerprint density at radius 1 is 1.12 bits per heavy atom. The van der Waals surface area contributed by atoms with Crippen LogP contribution in [0.5, 0.6) is 0 Å². The molecule has 8 nitrogen and oxygen atoms in total. The molecule has 0 aliphatic carbocycles. The van der Waals surface area contributed by atoms with Crippen LogP contribution in [-0.2, 0) is 9.59 Å². The van der Waals surface area contributed by atoms with Gasteiger partial charge in [-0.3, -0.25) is 29.4 Å². The Morgan fingerprint density at radius 2 is 1.82 bits per heavy atom. The number of amides is 3. The highest BCUT2D eigenvalue weighted by molar-refractivity contribution is 8.18. The third-order valence-corrected chi connectivity index (χ3v) is 7.58. The average molecular weight is 498 g/mol. The lowest BCUT2D eigenvalue weighted by Crippen LogP contribution is -2.44. The Kier molecular flexibility index (Phi) is 7.38. The second-order valence-electron chi connectivity index (χ2n) is 8.11. The van der Waals surface area contributed by atoms with Crippen molar-refractivity contribution in [3.8, 4) is 0 Å². The number of imide groups is 1. The van der Waals surface area contributed by atoms with Gasteiger partial charge in [0.1, 0.15) is 6.54 Å². The number of hydrogen-bond acceptors (Lipinski definition) is 7. The van der Waals surface area contributed by atoms with Crippen molar-refractivity contribution in [2.75, 3.05) is 19.6 Å². The molecule has 4 rings (SSSR count). The summed E-state index contributed by atoms with van der Waals surface area (Å²) >= 11 is 2.03. The van der Waals surface area contributed by atoms with Crippen molar-refractivity contribution in [2.24, 2.45) is 0 Å². The Labute approximate surface area is 205 Å². The number of carbonyl (C=O) groups is 3. The number of rotatable bonds is 6. The maximum atomic E-state index is 12.8. The molecule has 2 heterocycles. The van der Waals surface area contributed by atoms with Crippen LogP contribution in [0.25, 0.3) is 6.08 Å². The Morgan fingerprint density at radius 3 is 2.50 bits per heavy atom. The maximum absolute atomic E-state index is 12.8. The van der Waals surface area contributed by atoms with Gasteiger partial charge in [0, 0.05) is 24.1 Å². The number of nitrogens with zero attached hydrogens (tertiary/aromatic N) is 3. The number of nitro benzene ring substituents is 1. The van der Waals surface area contributed by atoms with Crippen molar-refractivity contribution < 1.29 is 19.3 Å². The van der Waals surface area contributed by atoms with E-state index in [4.69, 9.17) is 0 Å². The lowest BCUT2D eigenvalue weighted by atomic mass is 10.1. The zero-order chi connectivity index (χ0) is 24.2. The van der Waals surface area contributed by atoms with Crippen LogP contribution in [0.2, 0.25) is 0 Å². The summed E-state index contributed by atoms with van der Waals surface area (Å²) in [6.07, 6.45) is 4.38. The highest BCUT2D eigenvalue weighted by Crippen LogP contribution is 2.37. The Hall–Kier alpha value is -3.11. The third-order valence-electron chi connectivity index (χ3n) is 5.60. The van der Waals surface area contributed by atoms with Gasteiger partial charge in [0.2, 0.25) is 5.91 Å². The van der Waals surface area contributed by atoms with Crippen LogP contribution in [0.1, 0.15) is 30.4 Å². The molecule has 176 valence electrons. The smallest absolute Gasteiger partial charge is 0.294 e. The van der Waals surface area contributed by atoms with Crippen LogP contribution in [-0.4, -0.2) is 51.4 Å². The molecule has 2 fully saturated rings. The van der Waals surface area contributed by atoms with E-state index >= 15 is 0 Å². The molecule has 34 heavy (non-hydrogen) atoms. The van der Waals surface area contributed by atoms with Crippen molar-refractivity contribution in [1.29, 1.82) is 0 Å². The van der Waals surface area contributed by atoms with E-state index in [0.29, 0.717) is 23.5 Å². The Balaban J connectivity index is 1.51. The number of likely N-dealkylation sites (tertiary alicyclic amines) is 1. The highest BCUT2D eigenvalue weighted by atomic mass is 32.2. The molecular weight excluding hydrogens is 474 g/mol. The quantitative estimate of drug-likeness (QED) is 0.311. The van der Waals surface area contributed by atoms with Crippen LogP contribution < -0.4 is 0 Å². The molecule has 0 aromatic heterocycles. The summed E-state index contributed by atoms with van der Waals surface area (Å²) < 4.78 is 0. The molecular formula is C24H23N3O5S2. The minimum absolute atomic E-state index is 0.0844. The van der Waals surface area contributed by atoms with E-state index in [1.165, 1.54) is 23.9 Å². The first kappa shape index (κ1) is 24.0. The van der Waals surface area contributed by atoms with Gasteiger partial charge in [0.25, 0.3) is 16.8 Å². The monoisotopic (exact) mass is 497 g/mol. The second kappa shape index (κ2) is 10.4. The molecule has 0 N–H and O–H groups in total. The van der Waals surface area contributed by atoms with E-state index in [-0.39, 0.29) is 23.0 Å². The van der Waals surface area contributed by atoms with Gasteiger partial charge in [-0.25, -0.2) is 0 Å². The van der Waals surface area contributed by atoms with Gasteiger partial charge in [0.15, 0.2) is 0 Å². The first-order valence-corrected chi connectivity index (χ1v) is 12.5. The fourth-order valence-corrected chi connectivity index (χ4v) is 5.49. The predicted molar refractivity (Wildman–Crippen MR) is 132 cm³/mol. The van der Waals surface area contributed by atoms with E-state index < -0.39 is 16.1 Å². The van der Waals surface area contributed by atoms with Crippen LogP contribution in [0.15, 0.2) is 57.2 Å². The summed E-state index contributed by atoms with van der Waals surface area (Å²) in [5.41, 5.74) is 1.45. The second-order valence-corrected chi connectivity index (χ2v) is 10.2. The fraction of sp³-hybridized carbons (Fsp3) is 0.292. The summed E-state index contributed by atoms with van der Waals surface area (Å²) in [5.74, 6) is -0.794. The number of piperidine rings is 1. The van der Waals surface area contributed by atoms with Gasteiger partial charge in [-0.1, -0.05) is 35.5 Å². The van der Waals surface area contributed by atoms with Crippen molar-refractivity contribution in [3.05, 3.63) is 68.6 Å². The number of thioether (sulfide) groups is 1. The summed E-state index contributed by atoms with van der Waals surface area (Å²) in [5, 5.41) is 11.2. The molecule has 10 heteroatoms. The van der Waals surface area contributed by atoms with Gasteiger partial charge in [-0.05, 0) is 67.8 Å². The Bertz CT molecular complexity index is 1170. The maximum Gasteiger partial charge on any atom is 0.294 e. The molecule has 2 aliphatic rings. The van der Waals surface area contributed by atoms with E-state index in [2.05, 4.69) is 0 Å². The van der Waals surface area contributed by atoms with Crippen LogP contribution in [0, 0.1) is 17.0 Å². The number of nitro groups is 1. The summed E-state index contributed by atoms with van der Waals surface area (Å²) in [6.45, 7) is 2.97. The number of aryl methyl sites for hydroxylation is 1. The molecule has 3 amide bonds. The summed E-state index contributed by atoms with van der Waals surface area (Å²) in [4.78, 5) is 53.1.